The van der Waals surface area contributed by atoms with Crippen molar-refractivity contribution < 1.29 is 23.9 Å². The second-order valence-electron chi connectivity index (χ2n) is 7.43. The number of rotatable bonds is 4. The van der Waals surface area contributed by atoms with Crippen molar-refractivity contribution >= 4 is 35.6 Å². The van der Waals surface area contributed by atoms with E-state index in [1.807, 2.05) is 12.2 Å². The summed E-state index contributed by atoms with van der Waals surface area (Å²) < 4.78 is 5.69. The number of hydrogen-bond acceptors (Lipinski definition) is 5. The maximum Gasteiger partial charge on any atom is 0.337 e. The molecule has 2 amide bonds. The fourth-order valence-corrected chi connectivity index (χ4v) is 4.80. The van der Waals surface area contributed by atoms with E-state index < -0.39 is 5.97 Å². The van der Waals surface area contributed by atoms with Crippen LogP contribution in [-0.2, 0) is 9.59 Å². The highest BCUT2D eigenvalue weighted by Crippen LogP contribution is 2.52. The molecule has 4 atom stereocenters. The number of amides is 2. The van der Waals surface area contributed by atoms with Crippen molar-refractivity contribution in [2.45, 2.75) is 6.42 Å². The van der Waals surface area contributed by atoms with Gasteiger partial charge in [-0.15, -0.1) is 0 Å². The predicted octanol–water partition coefficient (Wildman–Crippen LogP) is 3.44. The Kier molecular flexibility index (Phi) is 3.96. The quantitative estimate of drug-likeness (QED) is 0.472. The number of halogens is 1. The molecule has 1 aromatic carbocycles. The van der Waals surface area contributed by atoms with Crippen LogP contribution in [0.1, 0.15) is 22.5 Å². The van der Waals surface area contributed by atoms with E-state index in [1.165, 1.54) is 18.3 Å². The van der Waals surface area contributed by atoms with Crippen LogP contribution >= 0.6 is 11.6 Å². The first-order valence-electron chi connectivity index (χ1n) is 9.17. The van der Waals surface area contributed by atoms with E-state index in [1.54, 1.807) is 18.2 Å². The second-order valence-corrected chi connectivity index (χ2v) is 7.84. The van der Waals surface area contributed by atoms with Crippen molar-refractivity contribution in [1.82, 2.24) is 5.01 Å². The molecule has 2 bridgehead atoms. The summed E-state index contributed by atoms with van der Waals surface area (Å²) in [6.07, 6.45) is 6.27. The van der Waals surface area contributed by atoms with E-state index >= 15 is 0 Å². The third kappa shape index (κ3) is 2.73. The molecule has 2 fully saturated rings. The molecule has 1 saturated carbocycles. The number of carbonyl (C=O) groups is 3. The van der Waals surface area contributed by atoms with Gasteiger partial charge in [0.2, 0.25) is 0 Å². The van der Waals surface area contributed by atoms with Gasteiger partial charge >= 0.3 is 5.97 Å². The number of carbonyl (C=O) groups excluding carboxylic acids is 2. The maximum absolute atomic E-state index is 12.6. The summed E-state index contributed by atoms with van der Waals surface area (Å²) in [5.41, 5.74) is 0.606. The molecule has 0 spiro atoms. The number of carboxylic acids is 1. The molecular formula is C21H15ClN2O5. The molecule has 1 aliphatic heterocycles. The van der Waals surface area contributed by atoms with Crippen molar-refractivity contribution in [2.75, 3.05) is 0 Å². The van der Waals surface area contributed by atoms with Crippen LogP contribution in [0.3, 0.4) is 0 Å². The molecule has 1 aromatic heterocycles. The lowest BCUT2D eigenvalue weighted by molar-refractivity contribution is -0.140. The number of aromatic carboxylic acids is 1. The smallest absolute Gasteiger partial charge is 0.337 e. The zero-order valence-electron chi connectivity index (χ0n) is 15.0. The van der Waals surface area contributed by atoms with Crippen molar-refractivity contribution in [2.24, 2.45) is 28.8 Å². The second kappa shape index (κ2) is 6.42. The molecule has 2 heterocycles. The van der Waals surface area contributed by atoms with Gasteiger partial charge in [-0.3, -0.25) is 9.59 Å². The van der Waals surface area contributed by atoms with Crippen LogP contribution in [0.4, 0.5) is 0 Å². The number of allylic oxidation sites excluding steroid dienone is 2. The molecule has 7 nitrogen and oxygen atoms in total. The number of benzene rings is 1. The normalized spacial score (nSPS) is 27.4. The number of hydrazone groups is 1. The number of carboxylic acid groups (broad SMARTS) is 1. The molecule has 1 N–H and O–H groups in total. The van der Waals surface area contributed by atoms with Crippen LogP contribution in [0.15, 0.2) is 52.0 Å². The first-order valence-corrected chi connectivity index (χ1v) is 9.55. The average Bonchev–Trinajstić information content (AvgIpc) is 3.45. The predicted molar refractivity (Wildman–Crippen MR) is 103 cm³/mol. The molecule has 5 rings (SSSR count). The van der Waals surface area contributed by atoms with Crippen LogP contribution in [0.25, 0.3) is 11.3 Å². The van der Waals surface area contributed by atoms with E-state index in [2.05, 4.69) is 5.10 Å². The summed E-state index contributed by atoms with van der Waals surface area (Å²) in [6, 6.07) is 7.82. The minimum Gasteiger partial charge on any atom is -0.478 e. The average molecular weight is 411 g/mol. The van der Waals surface area contributed by atoms with Crippen molar-refractivity contribution in [3.63, 3.8) is 0 Å². The Morgan fingerprint density at radius 1 is 1.14 bits per heavy atom. The van der Waals surface area contributed by atoms with Gasteiger partial charge in [-0.1, -0.05) is 29.8 Å². The van der Waals surface area contributed by atoms with Gasteiger partial charge in [0.1, 0.15) is 11.5 Å². The fourth-order valence-electron chi connectivity index (χ4n) is 4.53. The number of imide groups is 1. The van der Waals surface area contributed by atoms with Crippen molar-refractivity contribution in [3.8, 4) is 11.3 Å². The SMILES string of the molecule is O=C(O)c1ccc(-c2ccc(/C=N\N3C(=O)[C@@H]4[C@@H](C3=O)[C@H]3C=C[C@H]4C3)o2)cc1Cl. The lowest BCUT2D eigenvalue weighted by Crippen LogP contribution is -2.28. The zero-order valence-corrected chi connectivity index (χ0v) is 15.7. The largest absolute Gasteiger partial charge is 0.478 e. The van der Waals surface area contributed by atoms with Crippen LogP contribution in [0.5, 0.6) is 0 Å². The molecular weight excluding hydrogens is 396 g/mol. The van der Waals surface area contributed by atoms with Gasteiger partial charge in [0, 0.05) is 5.56 Å². The van der Waals surface area contributed by atoms with Gasteiger partial charge in [-0.05, 0) is 42.5 Å². The lowest BCUT2D eigenvalue weighted by atomic mass is 9.85. The minimum atomic E-state index is -1.11. The van der Waals surface area contributed by atoms with Gasteiger partial charge in [-0.2, -0.15) is 10.1 Å². The van der Waals surface area contributed by atoms with Gasteiger partial charge in [-0.25, -0.2) is 4.79 Å². The molecule has 2 aliphatic carbocycles. The van der Waals surface area contributed by atoms with Crippen LogP contribution < -0.4 is 0 Å². The third-order valence-corrected chi connectivity index (χ3v) is 6.17. The number of furan rings is 1. The summed E-state index contributed by atoms with van der Waals surface area (Å²) in [4.78, 5) is 36.3. The molecule has 1 saturated heterocycles. The minimum absolute atomic E-state index is 0.00354. The van der Waals surface area contributed by atoms with Crippen LogP contribution in [0, 0.1) is 23.7 Å². The van der Waals surface area contributed by atoms with E-state index in [9.17, 15) is 14.4 Å². The van der Waals surface area contributed by atoms with Crippen LogP contribution in [0.2, 0.25) is 5.02 Å². The Balaban J connectivity index is 1.35. The Morgan fingerprint density at radius 3 is 2.45 bits per heavy atom. The van der Waals surface area contributed by atoms with E-state index in [-0.39, 0.29) is 46.1 Å². The fraction of sp³-hybridized carbons (Fsp3) is 0.238. The molecule has 0 unspecified atom stereocenters. The Labute approximate surface area is 170 Å². The zero-order chi connectivity index (χ0) is 20.3. The number of fused-ring (bicyclic) bond motifs is 5. The van der Waals surface area contributed by atoms with Gasteiger partial charge < -0.3 is 9.52 Å². The number of hydrogen-bond donors (Lipinski definition) is 1. The Morgan fingerprint density at radius 2 is 1.83 bits per heavy atom. The summed E-state index contributed by atoms with van der Waals surface area (Å²) in [5, 5.41) is 14.2. The van der Waals surface area contributed by atoms with E-state index in [0.717, 1.165) is 11.4 Å². The molecule has 2 aromatic rings. The summed E-state index contributed by atoms with van der Waals surface area (Å²) in [5.74, 6) is -1.12. The monoisotopic (exact) mass is 410 g/mol. The molecule has 8 heteroatoms. The molecule has 29 heavy (non-hydrogen) atoms. The van der Waals surface area contributed by atoms with Crippen molar-refractivity contribution in [1.29, 1.82) is 0 Å². The summed E-state index contributed by atoms with van der Waals surface area (Å²) in [7, 11) is 0. The summed E-state index contributed by atoms with van der Waals surface area (Å²) >= 11 is 6.00. The third-order valence-electron chi connectivity index (χ3n) is 5.86. The maximum atomic E-state index is 12.6. The highest BCUT2D eigenvalue weighted by molar-refractivity contribution is 6.33. The standard InChI is InChI=1S/C21H15ClN2O5/c22-15-8-10(3-5-14(15)21(27)28)16-6-4-13(29-16)9-23-24-19(25)17-11-1-2-12(7-11)18(17)20(24)26/h1-6,8-9,11-12,17-18H,7H2,(H,27,28)/b23-9-/t11-,12-,17-,18-/m0/s1. The van der Waals surface area contributed by atoms with E-state index in [0.29, 0.717) is 17.1 Å². The topological polar surface area (TPSA) is 100 Å². The van der Waals surface area contributed by atoms with Gasteiger partial charge in [0.05, 0.1) is 28.6 Å². The Hall–Kier alpha value is -3.19. The van der Waals surface area contributed by atoms with Gasteiger partial charge in [0.25, 0.3) is 11.8 Å². The first-order chi connectivity index (χ1) is 13.9. The lowest BCUT2D eigenvalue weighted by Gasteiger charge is -2.13. The molecule has 3 aliphatic rings. The van der Waals surface area contributed by atoms with Crippen molar-refractivity contribution in [3.05, 3.63) is 58.8 Å². The highest BCUT2D eigenvalue weighted by atomic mass is 35.5. The highest BCUT2D eigenvalue weighted by Gasteiger charge is 2.59. The Bertz CT molecular complexity index is 1090. The van der Waals surface area contributed by atoms with Gasteiger partial charge in [0.15, 0.2) is 0 Å². The molecule has 146 valence electrons. The van der Waals surface area contributed by atoms with E-state index in [4.69, 9.17) is 21.1 Å². The summed E-state index contributed by atoms with van der Waals surface area (Å²) in [6.45, 7) is 0. The van der Waals surface area contributed by atoms with Crippen LogP contribution in [-0.4, -0.2) is 34.1 Å². The molecule has 0 radical (unpaired) electrons. The number of nitrogens with zero attached hydrogens (tertiary/aromatic N) is 2. The first kappa shape index (κ1) is 17.9.